The summed E-state index contributed by atoms with van der Waals surface area (Å²) in [4.78, 5) is 24.0. The summed E-state index contributed by atoms with van der Waals surface area (Å²) in [5.41, 5.74) is 0.756. The van der Waals surface area contributed by atoms with Crippen LogP contribution in [0.1, 0.15) is 11.6 Å². The molecule has 2 aromatic rings. The van der Waals surface area contributed by atoms with Gasteiger partial charge in [-0.25, -0.2) is 4.79 Å². The molecule has 2 unspecified atom stereocenters. The molecule has 0 aliphatic carbocycles. The SMILES string of the molecule is CNC(=O)NC(=O)C(NCC1COc2ccccc2O1)c1ccccc1. The predicted octanol–water partition coefficient (Wildman–Crippen LogP) is 1.61. The molecule has 0 saturated carbocycles. The fraction of sp³-hybridized carbons (Fsp3) is 0.263. The van der Waals surface area contributed by atoms with Crippen molar-refractivity contribution in [3.05, 3.63) is 60.2 Å². The van der Waals surface area contributed by atoms with Gasteiger partial charge in [-0.1, -0.05) is 42.5 Å². The summed E-state index contributed by atoms with van der Waals surface area (Å²) in [5.74, 6) is 0.949. The smallest absolute Gasteiger partial charge is 0.321 e. The number of imide groups is 1. The number of benzene rings is 2. The summed E-state index contributed by atoms with van der Waals surface area (Å²) in [6.45, 7) is 0.762. The van der Waals surface area contributed by atoms with Crippen LogP contribution in [0.5, 0.6) is 11.5 Å². The first-order chi connectivity index (χ1) is 12.7. The zero-order valence-electron chi connectivity index (χ0n) is 14.4. The number of para-hydroxylation sites is 2. The second kappa shape index (κ2) is 8.35. The number of carbonyl (C=O) groups is 2. The summed E-state index contributed by atoms with van der Waals surface area (Å²) in [6.07, 6.45) is -0.246. The number of urea groups is 1. The monoisotopic (exact) mass is 355 g/mol. The number of hydrogen-bond acceptors (Lipinski definition) is 5. The Hall–Kier alpha value is -3.06. The Labute approximate surface area is 151 Å². The lowest BCUT2D eigenvalue weighted by Gasteiger charge is -2.28. The van der Waals surface area contributed by atoms with E-state index in [1.807, 2.05) is 54.6 Å². The van der Waals surface area contributed by atoms with E-state index in [0.717, 1.165) is 5.56 Å². The zero-order valence-corrected chi connectivity index (χ0v) is 14.4. The molecule has 0 spiro atoms. The van der Waals surface area contributed by atoms with Gasteiger partial charge in [0.05, 0.1) is 0 Å². The van der Waals surface area contributed by atoms with Crippen LogP contribution in [0.25, 0.3) is 0 Å². The van der Waals surface area contributed by atoms with Crippen LogP contribution in [0, 0.1) is 0 Å². The maximum Gasteiger partial charge on any atom is 0.321 e. The van der Waals surface area contributed by atoms with Crippen molar-refractivity contribution in [2.75, 3.05) is 20.2 Å². The van der Waals surface area contributed by atoms with Gasteiger partial charge in [-0.2, -0.15) is 0 Å². The van der Waals surface area contributed by atoms with Crippen LogP contribution in [0.3, 0.4) is 0 Å². The van der Waals surface area contributed by atoms with Gasteiger partial charge in [-0.3, -0.25) is 15.4 Å². The van der Waals surface area contributed by atoms with Crippen molar-refractivity contribution in [1.82, 2.24) is 16.0 Å². The van der Waals surface area contributed by atoms with Gasteiger partial charge >= 0.3 is 6.03 Å². The minimum Gasteiger partial charge on any atom is -0.486 e. The molecule has 0 radical (unpaired) electrons. The first-order valence-corrected chi connectivity index (χ1v) is 8.36. The van der Waals surface area contributed by atoms with E-state index in [9.17, 15) is 9.59 Å². The molecule has 0 saturated heterocycles. The first kappa shape index (κ1) is 17.8. The molecular formula is C19H21N3O4. The molecule has 136 valence electrons. The third-order valence-electron chi connectivity index (χ3n) is 3.98. The maximum absolute atomic E-state index is 12.5. The summed E-state index contributed by atoms with van der Waals surface area (Å²) in [5, 5.41) is 7.85. The first-order valence-electron chi connectivity index (χ1n) is 8.36. The Bertz CT molecular complexity index is 766. The number of amides is 3. The molecule has 3 N–H and O–H groups in total. The van der Waals surface area contributed by atoms with E-state index in [-0.39, 0.29) is 6.10 Å². The van der Waals surface area contributed by atoms with Gasteiger partial charge < -0.3 is 14.8 Å². The van der Waals surface area contributed by atoms with Crippen molar-refractivity contribution in [1.29, 1.82) is 0 Å². The maximum atomic E-state index is 12.5. The van der Waals surface area contributed by atoms with Gasteiger partial charge in [0.25, 0.3) is 0 Å². The molecule has 1 aliphatic rings. The van der Waals surface area contributed by atoms with Crippen molar-refractivity contribution in [3.8, 4) is 11.5 Å². The molecular weight excluding hydrogens is 334 g/mol. The van der Waals surface area contributed by atoms with Crippen molar-refractivity contribution in [2.45, 2.75) is 12.1 Å². The average Bonchev–Trinajstić information content (AvgIpc) is 2.68. The van der Waals surface area contributed by atoms with Crippen molar-refractivity contribution in [3.63, 3.8) is 0 Å². The Morgan fingerprint density at radius 3 is 2.50 bits per heavy atom. The van der Waals surface area contributed by atoms with Gasteiger partial charge in [0.1, 0.15) is 18.8 Å². The summed E-state index contributed by atoms with van der Waals surface area (Å²) >= 11 is 0. The number of nitrogens with one attached hydrogen (secondary N) is 3. The number of rotatable bonds is 5. The molecule has 1 heterocycles. The van der Waals surface area contributed by atoms with E-state index in [2.05, 4.69) is 16.0 Å². The highest BCUT2D eigenvalue weighted by atomic mass is 16.6. The van der Waals surface area contributed by atoms with Gasteiger partial charge in [-0.05, 0) is 17.7 Å². The summed E-state index contributed by atoms with van der Waals surface area (Å²) < 4.78 is 11.6. The third-order valence-corrected chi connectivity index (χ3v) is 3.98. The molecule has 7 nitrogen and oxygen atoms in total. The Balaban J connectivity index is 1.66. The highest BCUT2D eigenvalue weighted by Gasteiger charge is 2.26. The molecule has 7 heteroatoms. The minimum absolute atomic E-state index is 0.246. The summed E-state index contributed by atoms with van der Waals surface area (Å²) in [6, 6.07) is 15.4. The van der Waals surface area contributed by atoms with Crippen molar-refractivity contribution < 1.29 is 19.1 Å². The average molecular weight is 355 g/mol. The highest BCUT2D eigenvalue weighted by Crippen LogP contribution is 2.30. The van der Waals surface area contributed by atoms with E-state index in [1.54, 1.807) is 0 Å². The molecule has 26 heavy (non-hydrogen) atoms. The lowest BCUT2D eigenvalue weighted by molar-refractivity contribution is -0.122. The number of hydrogen-bond donors (Lipinski definition) is 3. The number of ether oxygens (including phenoxy) is 2. The van der Waals surface area contributed by atoms with Crippen molar-refractivity contribution >= 4 is 11.9 Å². The predicted molar refractivity (Wildman–Crippen MR) is 96.1 cm³/mol. The molecule has 2 aromatic carbocycles. The van der Waals surface area contributed by atoms with Gasteiger partial charge in [0, 0.05) is 13.6 Å². The molecule has 3 amide bonds. The number of fused-ring (bicyclic) bond motifs is 1. The van der Waals surface area contributed by atoms with Crippen LogP contribution < -0.4 is 25.4 Å². The zero-order chi connectivity index (χ0) is 18.4. The van der Waals surface area contributed by atoms with Crippen LogP contribution in [-0.4, -0.2) is 38.2 Å². The fourth-order valence-electron chi connectivity index (χ4n) is 2.67. The lowest BCUT2D eigenvalue weighted by Crippen LogP contribution is -2.47. The Morgan fingerprint density at radius 2 is 1.77 bits per heavy atom. The quantitative estimate of drug-likeness (QED) is 0.758. The van der Waals surface area contributed by atoms with Gasteiger partial charge in [0.15, 0.2) is 11.5 Å². The standard InChI is InChI=1S/C19H21N3O4/c1-20-19(24)22-18(23)17(13-7-3-2-4-8-13)21-11-14-12-25-15-9-5-6-10-16(15)26-14/h2-10,14,17,21H,11-12H2,1H3,(H2,20,22,23,24). The van der Waals surface area contributed by atoms with Crippen LogP contribution in [0.4, 0.5) is 4.79 Å². The van der Waals surface area contributed by atoms with E-state index in [0.29, 0.717) is 24.7 Å². The molecule has 0 aromatic heterocycles. The molecule has 0 bridgehead atoms. The normalized spacial score (nSPS) is 16.4. The van der Waals surface area contributed by atoms with Gasteiger partial charge in [0.2, 0.25) is 5.91 Å². The third kappa shape index (κ3) is 4.31. The summed E-state index contributed by atoms with van der Waals surface area (Å²) in [7, 11) is 1.46. The van der Waals surface area contributed by atoms with E-state index in [4.69, 9.17) is 9.47 Å². The second-order valence-electron chi connectivity index (χ2n) is 5.82. The Morgan fingerprint density at radius 1 is 1.08 bits per heavy atom. The largest absolute Gasteiger partial charge is 0.486 e. The molecule has 0 fully saturated rings. The van der Waals surface area contributed by atoms with Crippen LogP contribution in [-0.2, 0) is 4.79 Å². The van der Waals surface area contributed by atoms with Crippen LogP contribution in [0.15, 0.2) is 54.6 Å². The fourth-order valence-corrected chi connectivity index (χ4v) is 2.67. The van der Waals surface area contributed by atoms with Crippen molar-refractivity contribution in [2.24, 2.45) is 0 Å². The van der Waals surface area contributed by atoms with E-state index < -0.39 is 18.0 Å². The van der Waals surface area contributed by atoms with E-state index >= 15 is 0 Å². The minimum atomic E-state index is -0.686. The molecule has 2 atom stereocenters. The van der Waals surface area contributed by atoms with E-state index in [1.165, 1.54) is 7.05 Å². The Kier molecular flexibility index (Phi) is 5.70. The number of carbonyl (C=O) groups excluding carboxylic acids is 2. The molecule has 1 aliphatic heterocycles. The van der Waals surface area contributed by atoms with Crippen LogP contribution in [0.2, 0.25) is 0 Å². The lowest BCUT2D eigenvalue weighted by atomic mass is 10.1. The van der Waals surface area contributed by atoms with Crippen LogP contribution >= 0.6 is 0 Å². The van der Waals surface area contributed by atoms with Gasteiger partial charge in [-0.15, -0.1) is 0 Å². The molecule has 3 rings (SSSR count). The highest BCUT2D eigenvalue weighted by molar-refractivity contribution is 5.97. The second-order valence-corrected chi connectivity index (χ2v) is 5.82. The topological polar surface area (TPSA) is 88.7 Å².